The Bertz CT molecular complexity index is 716. The quantitative estimate of drug-likeness (QED) is 0.816. The number of methoxy groups -OCH3 is 1. The number of nitrogens with zero attached hydrogens (tertiary/aromatic N) is 2. The summed E-state index contributed by atoms with van der Waals surface area (Å²) in [6.07, 6.45) is 0. The fraction of sp³-hybridized carbons (Fsp3) is 0.400. The van der Waals surface area contributed by atoms with Gasteiger partial charge in [0.1, 0.15) is 16.3 Å². The van der Waals surface area contributed by atoms with E-state index in [0.29, 0.717) is 18.0 Å². The molecule has 0 saturated heterocycles. The SMILES string of the molecule is CCN(Cc1ccc(OC)cc1)S(=O)(=O)c1c(C)noc1C. The first-order valence-electron chi connectivity index (χ1n) is 6.96. The molecule has 22 heavy (non-hydrogen) atoms. The van der Waals surface area contributed by atoms with Crippen LogP contribution >= 0.6 is 0 Å². The van der Waals surface area contributed by atoms with Crippen molar-refractivity contribution in [2.24, 2.45) is 0 Å². The first kappa shape index (κ1) is 16.5. The Morgan fingerprint density at radius 3 is 2.32 bits per heavy atom. The molecule has 0 atom stereocenters. The van der Waals surface area contributed by atoms with Gasteiger partial charge in [0.15, 0.2) is 5.76 Å². The van der Waals surface area contributed by atoms with Gasteiger partial charge in [0.05, 0.1) is 7.11 Å². The first-order valence-corrected chi connectivity index (χ1v) is 8.40. The second-order valence-electron chi connectivity index (χ2n) is 4.93. The number of hydrogen-bond acceptors (Lipinski definition) is 5. The molecular weight excluding hydrogens is 304 g/mol. The molecule has 0 unspecified atom stereocenters. The minimum Gasteiger partial charge on any atom is -0.497 e. The van der Waals surface area contributed by atoms with E-state index < -0.39 is 10.0 Å². The lowest BCUT2D eigenvalue weighted by atomic mass is 10.2. The monoisotopic (exact) mass is 324 g/mol. The molecule has 1 aromatic carbocycles. The molecule has 0 radical (unpaired) electrons. The number of aromatic nitrogens is 1. The number of ether oxygens (including phenoxy) is 1. The zero-order chi connectivity index (χ0) is 16.3. The summed E-state index contributed by atoms with van der Waals surface area (Å²) in [6.45, 7) is 5.68. The Morgan fingerprint density at radius 2 is 1.86 bits per heavy atom. The van der Waals surface area contributed by atoms with Crippen LogP contribution in [0.1, 0.15) is 23.9 Å². The number of sulfonamides is 1. The van der Waals surface area contributed by atoms with Crippen LogP contribution < -0.4 is 4.74 Å². The van der Waals surface area contributed by atoms with Gasteiger partial charge >= 0.3 is 0 Å². The molecule has 6 nitrogen and oxygen atoms in total. The molecule has 0 fully saturated rings. The average Bonchev–Trinajstić information content (AvgIpc) is 2.84. The highest BCUT2D eigenvalue weighted by Gasteiger charge is 2.30. The van der Waals surface area contributed by atoms with E-state index in [-0.39, 0.29) is 11.4 Å². The summed E-state index contributed by atoms with van der Waals surface area (Å²) in [5.41, 5.74) is 1.27. The van der Waals surface area contributed by atoms with Crippen LogP contribution in [0.15, 0.2) is 33.7 Å². The Morgan fingerprint density at radius 1 is 1.23 bits per heavy atom. The van der Waals surface area contributed by atoms with Crippen molar-refractivity contribution in [3.05, 3.63) is 41.3 Å². The minimum absolute atomic E-state index is 0.155. The number of benzene rings is 1. The fourth-order valence-electron chi connectivity index (χ4n) is 2.27. The number of hydrogen-bond donors (Lipinski definition) is 0. The molecule has 0 N–H and O–H groups in total. The van der Waals surface area contributed by atoms with Crippen molar-refractivity contribution in [1.29, 1.82) is 0 Å². The van der Waals surface area contributed by atoms with Crippen molar-refractivity contribution in [2.75, 3.05) is 13.7 Å². The van der Waals surface area contributed by atoms with Gasteiger partial charge in [0, 0.05) is 13.1 Å². The highest BCUT2D eigenvalue weighted by atomic mass is 32.2. The highest BCUT2D eigenvalue weighted by Crippen LogP contribution is 2.24. The largest absolute Gasteiger partial charge is 0.497 e. The average molecular weight is 324 g/mol. The normalized spacial score (nSPS) is 11.9. The van der Waals surface area contributed by atoms with E-state index in [4.69, 9.17) is 9.26 Å². The maximum Gasteiger partial charge on any atom is 0.248 e. The number of rotatable bonds is 6. The van der Waals surface area contributed by atoms with E-state index in [1.54, 1.807) is 27.9 Å². The molecule has 0 spiro atoms. The molecule has 0 amide bonds. The van der Waals surface area contributed by atoms with E-state index in [0.717, 1.165) is 11.3 Å². The smallest absolute Gasteiger partial charge is 0.248 e. The summed E-state index contributed by atoms with van der Waals surface area (Å²) in [5, 5.41) is 3.73. The second-order valence-corrected chi connectivity index (χ2v) is 6.81. The first-order chi connectivity index (χ1) is 10.4. The molecule has 0 bridgehead atoms. The van der Waals surface area contributed by atoms with Crippen molar-refractivity contribution in [2.45, 2.75) is 32.2 Å². The molecule has 2 rings (SSSR count). The molecule has 1 aromatic heterocycles. The van der Waals surface area contributed by atoms with E-state index in [2.05, 4.69) is 5.16 Å². The van der Waals surface area contributed by atoms with Gasteiger partial charge in [-0.2, -0.15) is 4.31 Å². The molecule has 0 saturated carbocycles. The van der Waals surface area contributed by atoms with Gasteiger partial charge in [-0.3, -0.25) is 0 Å². The molecule has 0 aliphatic heterocycles. The van der Waals surface area contributed by atoms with Crippen molar-refractivity contribution in [3.8, 4) is 5.75 Å². The standard InChI is InChI=1S/C15H20N2O4S/c1-5-17(10-13-6-8-14(20-4)9-7-13)22(18,19)15-11(2)16-21-12(15)3/h6-9H,5,10H2,1-4H3. The van der Waals surface area contributed by atoms with Crippen molar-refractivity contribution < 1.29 is 17.7 Å². The summed E-state index contributed by atoms with van der Waals surface area (Å²) < 4.78 is 37.1. The maximum atomic E-state index is 12.8. The van der Waals surface area contributed by atoms with Crippen LogP contribution in [0.3, 0.4) is 0 Å². The van der Waals surface area contributed by atoms with Crippen molar-refractivity contribution in [1.82, 2.24) is 9.46 Å². The highest BCUT2D eigenvalue weighted by molar-refractivity contribution is 7.89. The Labute approximate surface area is 130 Å². The van der Waals surface area contributed by atoms with Gasteiger partial charge in [-0.05, 0) is 31.5 Å². The zero-order valence-electron chi connectivity index (χ0n) is 13.2. The predicted octanol–water partition coefficient (Wildman–Crippen LogP) is 2.51. The lowest BCUT2D eigenvalue weighted by molar-refractivity contribution is 0.388. The maximum absolute atomic E-state index is 12.8. The molecule has 2 aromatic rings. The molecule has 120 valence electrons. The third-order valence-corrected chi connectivity index (χ3v) is 5.60. The van der Waals surface area contributed by atoms with Crippen LogP contribution in [0.5, 0.6) is 5.75 Å². The molecule has 0 aliphatic carbocycles. The van der Waals surface area contributed by atoms with Gasteiger partial charge in [-0.1, -0.05) is 24.2 Å². The van der Waals surface area contributed by atoms with Gasteiger partial charge in [0.25, 0.3) is 0 Å². The van der Waals surface area contributed by atoms with Crippen LogP contribution in [0.25, 0.3) is 0 Å². The number of aryl methyl sites for hydroxylation is 2. The fourth-order valence-corrected chi connectivity index (χ4v) is 4.00. The van der Waals surface area contributed by atoms with E-state index >= 15 is 0 Å². The lowest BCUT2D eigenvalue weighted by Crippen LogP contribution is -2.31. The van der Waals surface area contributed by atoms with Gasteiger partial charge in [0.2, 0.25) is 10.0 Å². The van der Waals surface area contributed by atoms with Crippen molar-refractivity contribution in [3.63, 3.8) is 0 Å². The van der Waals surface area contributed by atoms with E-state index in [9.17, 15) is 8.42 Å². The van der Waals surface area contributed by atoms with E-state index in [1.165, 1.54) is 4.31 Å². The summed E-state index contributed by atoms with van der Waals surface area (Å²) >= 11 is 0. The third kappa shape index (κ3) is 3.15. The summed E-state index contributed by atoms with van der Waals surface area (Å²) in [4.78, 5) is 0.155. The second kappa shape index (κ2) is 6.50. The summed E-state index contributed by atoms with van der Waals surface area (Å²) in [6, 6.07) is 7.33. The Balaban J connectivity index is 2.30. The summed E-state index contributed by atoms with van der Waals surface area (Å²) in [5.74, 6) is 1.05. The Hall–Kier alpha value is -1.86. The molecular formula is C15H20N2O4S. The van der Waals surface area contributed by atoms with Crippen LogP contribution in [0, 0.1) is 13.8 Å². The molecule has 1 heterocycles. The lowest BCUT2D eigenvalue weighted by Gasteiger charge is -2.20. The van der Waals surface area contributed by atoms with Gasteiger partial charge in [-0.25, -0.2) is 8.42 Å². The molecule has 0 aliphatic rings. The van der Waals surface area contributed by atoms with Crippen molar-refractivity contribution >= 4 is 10.0 Å². The van der Waals surface area contributed by atoms with Crippen LogP contribution in [-0.2, 0) is 16.6 Å². The predicted molar refractivity (Wildman–Crippen MR) is 82.2 cm³/mol. The van der Waals surface area contributed by atoms with Gasteiger partial charge in [-0.15, -0.1) is 0 Å². The topological polar surface area (TPSA) is 72.6 Å². The van der Waals surface area contributed by atoms with Crippen LogP contribution in [0.4, 0.5) is 0 Å². The van der Waals surface area contributed by atoms with Crippen LogP contribution in [0.2, 0.25) is 0 Å². The zero-order valence-corrected chi connectivity index (χ0v) is 14.0. The van der Waals surface area contributed by atoms with Gasteiger partial charge < -0.3 is 9.26 Å². The van der Waals surface area contributed by atoms with Crippen LogP contribution in [-0.4, -0.2) is 31.5 Å². The minimum atomic E-state index is -3.64. The molecule has 7 heteroatoms. The van der Waals surface area contributed by atoms with E-state index in [1.807, 2.05) is 24.3 Å². The summed E-state index contributed by atoms with van der Waals surface area (Å²) in [7, 11) is -2.04. The Kier molecular flexibility index (Phi) is 4.87. The third-order valence-electron chi connectivity index (χ3n) is 3.44.